The average Bonchev–Trinajstić information content (AvgIpc) is 3.23. The van der Waals surface area contributed by atoms with E-state index in [1.54, 1.807) is 0 Å². The fraction of sp³-hybridized carbons (Fsp3) is 0.304. The lowest BCUT2D eigenvalue weighted by atomic mass is 10.1. The first-order chi connectivity index (χ1) is 14.6. The summed E-state index contributed by atoms with van der Waals surface area (Å²) in [5, 5.41) is 15.0. The Morgan fingerprint density at radius 3 is 2.40 bits per heavy atom. The number of rotatable bonds is 10. The molecule has 6 nitrogen and oxygen atoms in total. The van der Waals surface area contributed by atoms with E-state index in [1.807, 2.05) is 55.5 Å². The third-order valence-corrected chi connectivity index (χ3v) is 5.59. The predicted molar refractivity (Wildman–Crippen MR) is 120 cm³/mol. The van der Waals surface area contributed by atoms with Gasteiger partial charge < -0.3 is 10.6 Å². The molecular formula is C23H26N4O2S. The standard InChI is InChI=1S/C23H26N4O2S/c1-17(15-16-18-9-4-2-5-10-18)24-20(28)13-8-14-21-26-27-23(30-21)22(29)25-19-11-6-3-7-12-19/h2-7,9-12,17H,8,13-16H2,1H3,(H,24,28)(H,25,29)/t17-/m0/s1. The maximum Gasteiger partial charge on any atom is 0.286 e. The van der Waals surface area contributed by atoms with Gasteiger partial charge in [0.2, 0.25) is 10.9 Å². The molecule has 2 amide bonds. The van der Waals surface area contributed by atoms with Crippen LogP contribution in [0.4, 0.5) is 5.69 Å². The molecule has 1 atom stereocenters. The van der Waals surface area contributed by atoms with Crippen LogP contribution in [0.2, 0.25) is 0 Å². The van der Waals surface area contributed by atoms with Gasteiger partial charge >= 0.3 is 0 Å². The largest absolute Gasteiger partial charge is 0.354 e. The molecule has 1 heterocycles. The number of aromatic nitrogens is 2. The van der Waals surface area contributed by atoms with Crippen LogP contribution in [-0.4, -0.2) is 28.1 Å². The Kier molecular flexibility index (Phi) is 8.09. The smallest absolute Gasteiger partial charge is 0.286 e. The number of amides is 2. The lowest BCUT2D eigenvalue weighted by Crippen LogP contribution is -2.32. The molecule has 0 saturated carbocycles. The molecule has 0 radical (unpaired) electrons. The maximum atomic E-state index is 12.2. The molecule has 30 heavy (non-hydrogen) atoms. The van der Waals surface area contributed by atoms with E-state index in [1.165, 1.54) is 16.9 Å². The SMILES string of the molecule is C[C@@H](CCc1ccccc1)NC(=O)CCCc1nnc(C(=O)Nc2ccccc2)s1. The molecule has 1 aromatic heterocycles. The van der Waals surface area contributed by atoms with Crippen LogP contribution in [0.15, 0.2) is 60.7 Å². The molecular weight excluding hydrogens is 396 g/mol. The second-order valence-corrected chi connectivity index (χ2v) is 8.23. The number of carbonyl (C=O) groups excluding carboxylic acids is 2. The molecule has 0 saturated heterocycles. The van der Waals surface area contributed by atoms with Gasteiger partial charge in [-0.2, -0.15) is 0 Å². The molecule has 156 valence electrons. The van der Waals surface area contributed by atoms with Crippen LogP contribution in [0, 0.1) is 0 Å². The second kappa shape index (κ2) is 11.2. The fourth-order valence-electron chi connectivity index (χ4n) is 3.00. The van der Waals surface area contributed by atoms with Crippen LogP contribution >= 0.6 is 11.3 Å². The van der Waals surface area contributed by atoms with E-state index in [0.29, 0.717) is 24.3 Å². The van der Waals surface area contributed by atoms with Gasteiger partial charge in [0.25, 0.3) is 5.91 Å². The molecule has 0 spiro atoms. The van der Waals surface area contributed by atoms with Crippen molar-refractivity contribution in [1.82, 2.24) is 15.5 Å². The van der Waals surface area contributed by atoms with Crippen molar-refractivity contribution in [3.63, 3.8) is 0 Å². The minimum Gasteiger partial charge on any atom is -0.354 e. The van der Waals surface area contributed by atoms with Crippen molar-refractivity contribution >= 4 is 28.8 Å². The summed E-state index contributed by atoms with van der Waals surface area (Å²) in [6.07, 6.45) is 3.59. The van der Waals surface area contributed by atoms with Crippen molar-refractivity contribution in [3.05, 3.63) is 76.2 Å². The van der Waals surface area contributed by atoms with Crippen LogP contribution in [0.3, 0.4) is 0 Å². The molecule has 0 bridgehead atoms. The van der Waals surface area contributed by atoms with Crippen LogP contribution < -0.4 is 10.6 Å². The summed E-state index contributed by atoms with van der Waals surface area (Å²) in [6, 6.07) is 19.6. The quantitative estimate of drug-likeness (QED) is 0.512. The molecule has 0 aliphatic heterocycles. The number of hydrogen-bond donors (Lipinski definition) is 2. The summed E-state index contributed by atoms with van der Waals surface area (Å²) in [6.45, 7) is 2.03. The highest BCUT2D eigenvalue weighted by atomic mass is 32.1. The minimum absolute atomic E-state index is 0.0436. The normalized spacial score (nSPS) is 11.6. The molecule has 3 rings (SSSR count). The molecule has 0 unspecified atom stereocenters. The Morgan fingerprint density at radius 2 is 1.67 bits per heavy atom. The van der Waals surface area contributed by atoms with Crippen molar-refractivity contribution in [2.75, 3.05) is 5.32 Å². The second-order valence-electron chi connectivity index (χ2n) is 7.17. The van der Waals surface area contributed by atoms with Gasteiger partial charge in [-0.15, -0.1) is 10.2 Å². The van der Waals surface area contributed by atoms with Crippen LogP contribution in [-0.2, 0) is 17.6 Å². The summed E-state index contributed by atoms with van der Waals surface area (Å²) < 4.78 is 0. The summed E-state index contributed by atoms with van der Waals surface area (Å²) in [5.41, 5.74) is 2.00. The Hall–Kier alpha value is -3.06. The molecule has 7 heteroatoms. The summed E-state index contributed by atoms with van der Waals surface area (Å²) in [7, 11) is 0. The van der Waals surface area contributed by atoms with Crippen molar-refractivity contribution in [3.8, 4) is 0 Å². The zero-order valence-electron chi connectivity index (χ0n) is 17.0. The van der Waals surface area contributed by atoms with Gasteiger partial charge in [-0.3, -0.25) is 9.59 Å². The van der Waals surface area contributed by atoms with Crippen LogP contribution in [0.5, 0.6) is 0 Å². The van der Waals surface area contributed by atoms with Crippen LogP contribution in [0.25, 0.3) is 0 Å². The Labute approximate surface area is 180 Å². The number of anilines is 1. The average molecular weight is 423 g/mol. The van der Waals surface area contributed by atoms with Gasteiger partial charge in [-0.25, -0.2) is 0 Å². The number of benzene rings is 2. The van der Waals surface area contributed by atoms with E-state index < -0.39 is 0 Å². The van der Waals surface area contributed by atoms with E-state index >= 15 is 0 Å². The van der Waals surface area contributed by atoms with Crippen molar-refractivity contribution in [1.29, 1.82) is 0 Å². The van der Waals surface area contributed by atoms with Crippen LogP contribution in [0.1, 0.15) is 46.6 Å². The molecule has 3 aromatic rings. The fourth-order valence-corrected chi connectivity index (χ4v) is 3.78. The number of para-hydroxylation sites is 1. The van der Waals surface area contributed by atoms with Crippen molar-refractivity contribution in [2.24, 2.45) is 0 Å². The lowest BCUT2D eigenvalue weighted by molar-refractivity contribution is -0.121. The van der Waals surface area contributed by atoms with Gasteiger partial charge in [0.05, 0.1) is 0 Å². The van der Waals surface area contributed by atoms with E-state index in [4.69, 9.17) is 0 Å². The van der Waals surface area contributed by atoms with Gasteiger partial charge in [0.1, 0.15) is 5.01 Å². The predicted octanol–water partition coefficient (Wildman–Crippen LogP) is 4.25. The summed E-state index contributed by atoms with van der Waals surface area (Å²) in [5.74, 6) is -0.225. The first-order valence-corrected chi connectivity index (χ1v) is 10.9. The molecule has 2 N–H and O–H groups in total. The minimum atomic E-state index is -0.269. The topological polar surface area (TPSA) is 84.0 Å². The first kappa shape index (κ1) is 21.6. The van der Waals surface area contributed by atoms with Gasteiger partial charge in [0.15, 0.2) is 0 Å². The van der Waals surface area contributed by atoms with E-state index in [-0.39, 0.29) is 17.9 Å². The van der Waals surface area contributed by atoms with Crippen molar-refractivity contribution < 1.29 is 9.59 Å². The third-order valence-electron chi connectivity index (χ3n) is 4.60. The van der Waals surface area contributed by atoms with E-state index in [2.05, 4.69) is 33.0 Å². The zero-order chi connectivity index (χ0) is 21.2. The monoisotopic (exact) mass is 422 g/mol. The zero-order valence-corrected chi connectivity index (χ0v) is 17.8. The molecule has 0 aliphatic carbocycles. The first-order valence-electron chi connectivity index (χ1n) is 10.1. The Balaban J connectivity index is 1.35. The maximum absolute atomic E-state index is 12.2. The summed E-state index contributed by atoms with van der Waals surface area (Å²) in [4.78, 5) is 24.4. The highest BCUT2D eigenvalue weighted by Gasteiger charge is 2.14. The number of aryl methyl sites for hydroxylation is 2. The number of carbonyl (C=O) groups is 2. The number of nitrogens with one attached hydrogen (secondary N) is 2. The molecule has 2 aromatic carbocycles. The van der Waals surface area contributed by atoms with Crippen molar-refractivity contribution in [2.45, 2.75) is 45.1 Å². The van der Waals surface area contributed by atoms with Gasteiger partial charge in [-0.05, 0) is 43.9 Å². The highest BCUT2D eigenvalue weighted by molar-refractivity contribution is 7.13. The van der Waals surface area contributed by atoms with E-state index in [9.17, 15) is 9.59 Å². The Bertz CT molecular complexity index is 944. The lowest BCUT2D eigenvalue weighted by Gasteiger charge is -2.13. The number of hydrogen-bond acceptors (Lipinski definition) is 5. The third kappa shape index (κ3) is 7.08. The molecule has 0 aliphatic rings. The molecule has 0 fully saturated rings. The highest BCUT2D eigenvalue weighted by Crippen LogP contribution is 2.15. The van der Waals surface area contributed by atoms with E-state index in [0.717, 1.165) is 23.5 Å². The Morgan fingerprint density at radius 1 is 0.967 bits per heavy atom. The number of nitrogens with zero attached hydrogens (tertiary/aromatic N) is 2. The van der Waals surface area contributed by atoms with Gasteiger partial charge in [0, 0.05) is 24.6 Å². The van der Waals surface area contributed by atoms with Gasteiger partial charge in [-0.1, -0.05) is 59.9 Å². The summed E-state index contributed by atoms with van der Waals surface area (Å²) >= 11 is 1.27.